The molecule has 1 atom stereocenters. The maximum atomic E-state index is 12.7. The van der Waals surface area contributed by atoms with Gasteiger partial charge < -0.3 is 4.74 Å². The van der Waals surface area contributed by atoms with Crippen LogP contribution in [0.1, 0.15) is 13.3 Å². The molecule has 0 saturated carbocycles. The van der Waals surface area contributed by atoms with Gasteiger partial charge in [0, 0.05) is 24.6 Å². The van der Waals surface area contributed by atoms with Crippen LogP contribution >= 0.6 is 11.8 Å². The van der Waals surface area contributed by atoms with Crippen LogP contribution in [0.15, 0.2) is 24.3 Å². The van der Waals surface area contributed by atoms with Crippen molar-refractivity contribution in [1.29, 1.82) is 0 Å². The van der Waals surface area contributed by atoms with Crippen molar-refractivity contribution in [1.82, 2.24) is 4.90 Å². The molecule has 2 amide bonds. The lowest BCUT2D eigenvalue weighted by Crippen LogP contribution is -2.45. The quantitative estimate of drug-likeness (QED) is 0.791. The third-order valence-corrected chi connectivity index (χ3v) is 4.96. The van der Waals surface area contributed by atoms with Crippen molar-refractivity contribution in [2.75, 3.05) is 36.1 Å². The molecule has 0 aliphatic carbocycles. The molecular formula is C16H20N2O3S. The van der Waals surface area contributed by atoms with Gasteiger partial charge in [-0.05, 0) is 31.2 Å². The Balaban J connectivity index is 1.76. The predicted octanol–water partition coefficient (Wildman–Crippen LogP) is 1.77. The Morgan fingerprint density at radius 3 is 2.50 bits per heavy atom. The van der Waals surface area contributed by atoms with Gasteiger partial charge in [0.05, 0.1) is 24.8 Å². The summed E-state index contributed by atoms with van der Waals surface area (Å²) in [7, 11) is 0. The highest BCUT2D eigenvalue weighted by Crippen LogP contribution is 2.28. The van der Waals surface area contributed by atoms with E-state index < -0.39 is 0 Å². The molecule has 0 aromatic heterocycles. The van der Waals surface area contributed by atoms with Crippen LogP contribution in [0.3, 0.4) is 0 Å². The molecule has 0 N–H and O–H groups in total. The van der Waals surface area contributed by atoms with Gasteiger partial charge in [-0.1, -0.05) is 0 Å². The molecule has 1 aromatic carbocycles. The highest BCUT2D eigenvalue weighted by molar-refractivity contribution is 7.99. The summed E-state index contributed by atoms with van der Waals surface area (Å²) < 4.78 is 5.39. The van der Waals surface area contributed by atoms with E-state index in [4.69, 9.17) is 4.74 Å². The molecule has 5 nitrogen and oxygen atoms in total. The Labute approximate surface area is 134 Å². The molecule has 0 spiro atoms. The van der Waals surface area contributed by atoms with Crippen molar-refractivity contribution in [2.45, 2.75) is 19.4 Å². The zero-order chi connectivity index (χ0) is 15.5. The lowest BCUT2D eigenvalue weighted by Gasteiger charge is -2.30. The zero-order valence-corrected chi connectivity index (χ0v) is 13.5. The second-order valence-electron chi connectivity index (χ2n) is 5.36. The van der Waals surface area contributed by atoms with E-state index in [0.29, 0.717) is 12.3 Å². The zero-order valence-electron chi connectivity index (χ0n) is 12.7. The first kappa shape index (κ1) is 15.4. The maximum Gasteiger partial charge on any atom is 0.251 e. The van der Waals surface area contributed by atoms with E-state index in [1.165, 1.54) is 4.90 Å². The molecule has 0 radical (unpaired) electrons. The summed E-state index contributed by atoms with van der Waals surface area (Å²) in [4.78, 5) is 28.4. The fourth-order valence-corrected chi connectivity index (χ4v) is 3.85. The van der Waals surface area contributed by atoms with Gasteiger partial charge in [-0.15, -0.1) is 0 Å². The molecular weight excluding hydrogens is 300 g/mol. The molecule has 118 valence electrons. The fourth-order valence-electron chi connectivity index (χ4n) is 2.92. The number of imide groups is 1. The van der Waals surface area contributed by atoms with Crippen LogP contribution in [0.25, 0.3) is 0 Å². The first-order valence-corrected chi connectivity index (χ1v) is 8.77. The summed E-state index contributed by atoms with van der Waals surface area (Å²) >= 11 is 1.90. The van der Waals surface area contributed by atoms with Gasteiger partial charge in [0.1, 0.15) is 5.75 Å². The van der Waals surface area contributed by atoms with E-state index in [1.54, 1.807) is 24.3 Å². The van der Waals surface area contributed by atoms with Crippen LogP contribution in [0.5, 0.6) is 5.75 Å². The first-order chi connectivity index (χ1) is 10.7. The number of hydrogen-bond donors (Lipinski definition) is 0. The van der Waals surface area contributed by atoms with E-state index >= 15 is 0 Å². The summed E-state index contributed by atoms with van der Waals surface area (Å²) in [5.41, 5.74) is 0.632. The number of benzene rings is 1. The second-order valence-corrected chi connectivity index (χ2v) is 6.59. The number of thioether (sulfide) groups is 1. The monoisotopic (exact) mass is 320 g/mol. The predicted molar refractivity (Wildman–Crippen MR) is 87.4 cm³/mol. The van der Waals surface area contributed by atoms with E-state index in [2.05, 4.69) is 4.90 Å². The molecule has 6 heteroatoms. The van der Waals surface area contributed by atoms with Gasteiger partial charge in [0.2, 0.25) is 5.91 Å². The van der Waals surface area contributed by atoms with Gasteiger partial charge in [0.15, 0.2) is 0 Å². The minimum Gasteiger partial charge on any atom is -0.494 e. The standard InChI is InChI=1S/C16H20N2O3S/c1-2-21-13-5-3-12(4-6-13)18-15(19)11-14(16(18)20)17-7-9-22-10-8-17/h3-6,14H,2,7-11H2,1H3. The SMILES string of the molecule is CCOc1ccc(N2C(=O)CC(N3CCSCC3)C2=O)cc1. The Morgan fingerprint density at radius 2 is 1.86 bits per heavy atom. The number of ether oxygens (including phenoxy) is 1. The average molecular weight is 320 g/mol. The first-order valence-electron chi connectivity index (χ1n) is 7.62. The van der Waals surface area contributed by atoms with Crippen molar-refractivity contribution < 1.29 is 14.3 Å². The van der Waals surface area contributed by atoms with Gasteiger partial charge in [0.25, 0.3) is 5.91 Å². The lowest BCUT2D eigenvalue weighted by atomic mass is 10.2. The molecule has 2 heterocycles. The van der Waals surface area contributed by atoms with Crippen molar-refractivity contribution in [3.63, 3.8) is 0 Å². The van der Waals surface area contributed by atoms with Gasteiger partial charge >= 0.3 is 0 Å². The van der Waals surface area contributed by atoms with Crippen molar-refractivity contribution in [3.05, 3.63) is 24.3 Å². The van der Waals surface area contributed by atoms with Crippen LogP contribution < -0.4 is 9.64 Å². The summed E-state index contributed by atoms with van der Waals surface area (Å²) in [6.45, 7) is 4.27. The summed E-state index contributed by atoms with van der Waals surface area (Å²) in [6, 6.07) is 6.85. The molecule has 1 aromatic rings. The molecule has 1 unspecified atom stereocenters. The Morgan fingerprint density at radius 1 is 1.18 bits per heavy atom. The van der Waals surface area contributed by atoms with E-state index in [9.17, 15) is 9.59 Å². The third-order valence-electron chi connectivity index (χ3n) is 4.02. The lowest BCUT2D eigenvalue weighted by molar-refractivity contribution is -0.122. The summed E-state index contributed by atoms with van der Waals surface area (Å²) in [5, 5.41) is 0. The average Bonchev–Trinajstić information content (AvgIpc) is 2.84. The third kappa shape index (κ3) is 2.98. The van der Waals surface area contributed by atoms with E-state index in [-0.39, 0.29) is 24.3 Å². The molecule has 0 bridgehead atoms. The smallest absolute Gasteiger partial charge is 0.251 e. The van der Waals surface area contributed by atoms with E-state index in [1.807, 2.05) is 18.7 Å². The number of rotatable bonds is 4. The highest BCUT2D eigenvalue weighted by atomic mass is 32.2. The number of amides is 2. The number of nitrogens with zero attached hydrogens (tertiary/aromatic N) is 2. The molecule has 22 heavy (non-hydrogen) atoms. The Bertz CT molecular complexity index is 555. The Hall–Kier alpha value is -1.53. The molecule has 3 rings (SSSR count). The molecule has 2 saturated heterocycles. The van der Waals surface area contributed by atoms with Gasteiger partial charge in [-0.25, -0.2) is 4.90 Å². The fraction of sp³-hybridized carbons (Fsp3) is 0.500. The van der Waals surface area contributed by atoms with E-state index in [0.717, 1.165) is 30.3 Å². The largest absolute Gasteiger partial charge is 0.494 e. The number of carbonyl (C=O) groups is 2. The number of hydrogen-bond acceptors (Lipinski definition) is 5. The van der Waals surface area contributed by atoms with Crippen molar-refractivity contribution in [2.24, 2.45) is 0 Å². The minimum absolute atomic E-state index is 0.0962. The topological polar surface area (TPSA) is 49.9 Å². The number of anilines is 1. The van der Waals surface area contributed by atoms with Crippen molar-refractivity contribution >= 4 is 29.3 Å². The second kappa shape index (κ2) is 6.71. The van der Waals surface area contributed by atoms with Crippen LogP contribution in [-0.2, 0) is 9.59 Å². The number of carbonyl (C=O) groups excluding carboxylic acids is 2. The minimum atomic E-state index is -0.292. The van der Waals surface area contributed by atoms with Gasteiger partial charge in [-0.2, -0.15) is 11.8 Å². The Kier molecular flexibility index (Phi) is 4.69. The van der Waals surface area contributed by atoms with Crippen molar-refractivity contribution in [3.8, 4) is 5.75 Å². The van der Waals surface area contributed by atoms with Crippen LogP contribution in [0, 0.1) is 0 Å². The molecule has 2 fully saturated rings. The summed E-state index contributed by atoms with van der Waals surface area (Å²) in [6.07, 6.45) is 0.288. The van der Waals surface area contributed by atoms with Gasteiger partial charge in [-0.3, -0.25) is 14.5 Å². The molecule has 2 aliphatic heterocycles. The normalized spacial score (nSPS) is 23.1. The van der Waals surface area contributed by atoms with Crippen LogP contribution in [0.2, 0.25) is 0 Å². The summed E-state index contributed by atoms with van der Waals surface area (Å²) in [5.74, 6) is 2.59. The molecule has 2 aliphatic rings. The van der Waals surface area contributed by atoms with Crippen LogP contribution in [-0.4, -0.2) is 54.0 Å². The highest BCUT2D eigenvalue weighted by Gasteiger charge is 2.42. The van der Waals surface area contributed by atoms with Crippen LogP contribution in [0.4, 0.5) is 5.69 Å². The maximum absolute atomic E-state index is 12.7.